The van der Waals surface area contributed by atoms with E-state index >= 15 is 0 Å². The summed E-state index contributed by atoms with van der Waals surface area (Å²) in [4.78, 5) is 17.5. The Morgan fingerprint density at radius 1 is 1.00 bits per heavy atom. The Kier molecular flexibility index (Phi) is 6.20. The topological polar surface area (TPSA) is 86.4 Å². The molecule has 9 heteroatoms. The molecule has 1 aromatic heterocycles. The van der Waals surface area contributed by atoms with Crippen LogP contribution in [0.3, 0.4) is 0 Å². The Labute approximate surface area is 217 Å². The zero-order valence-corrected chi connectivity index (χ0v) is 21.0. The number of carbonyl (C=O) groups is 1. The van der Waals surface area contributed by atoms with Crippen LogP contribution < -0.4 is 24.3 Å². The third-order valence-electron chi connectivity index (χ3n) is 6.12. The minimum Gasteiger partial charge on any atom is -0.482 e. The molecule has 0 aliphatic carbocycles. The number of fused-ring (bicyclic) bond motifs is 2. The first-order valence-corrected chi connectivity index (χ1v) is 12.8. The Hall–Kier alpha value is -4.37. The molecule has 0 fully saturated rings. The number of nitrogens with one attached hydrogen (secondary N) is 1. The number of amides is 1. The van der Waals surface area contributed by atoms with Crippen molar-refractivity contribution in [3.05, 3.63) is 88.0 Å². The van der Waals surface area contributed by atoms with Crippen LogP contribution >= 0.6 is 11.3 Å². The molecule has 3 heterocycles. The highest BCUT2D eigenvalue weighted by atomic mass is 32.1. The molecule has 0 saturated carbocycles. The van der Waals surface area contributed by atoms with E-state index in [0.29, 0.717) is 23.7 Å². The number of ether oxygens (including phenoxy) is 3. The minimum absolute atomic E-state index is 0.0221. The second kappa shape index (κ2) is 9.94. The number of rotatable bonds is 6. The number of nitrogens with zero attached hydrogens (tertiary/aromatic N) is 3. The molecule has 186 valence electrons. The highest BCUT2D eigenvalue weighted by molar-refractivity contribution is 7.07. The number of anilines is 1. The zero-order valence-electron chi connectivity index (χ0n) is 20.1. The van der Waals surface area contributed by atoms with E-state index in [1.807, 2.05) is 71.6 Å². The summed E-state index contributed by atoms with van der Waals surface area (Å²) in [5.41, 5.74) is 5.37. The number of carbonyl (C=O) groups excluding carboxylic acids is 1. The summed E-state index contributed by atoms with van der Waals surface area (Å²) in [7, 11) is 0. The molecular formula is C28H24N4O4S. The van der Waals surface area contributed by atoms with Gasteiger partial charge in [0.15, 0.2) is 18.1 Å². The molecule has 37 heavy (non-hydrogen) atoms. The molecule has 4 aromatic rings. The first kappa shape index (κ1) is 23.1. The molecule has 2 aliphatic heterocycles. The molecule has 3 aromatic carbocycles. The second-order valence-corrected chi connectivity index (χ2v) is 9.47. The van der Waals surface area contributed by atoms with Gasteiger partial charge >= 0.3 is 0 Å². The predicted molar refractivity (Wildman–Crippen MR) is 143 cm³/mol. The van der Waals surface area contributed by atoms with Crippen molar-refractivity contribution in [3.8, 4) is 28.5 Å². The van der Waals surface area contributed by atoms with Gasteiger partial charge in [0.05, 0.1) is 17.1 Å². The molecule has 0 atom stereocenters. The van der Waals surface area contributed by atoms with Crippen LogP contribution in [-0.4, -0.2) is 36.2 Å². The first-order chi connectivity index (χ1) is 18.1. The lowest BCUT2D eigenvalue weighted by Crippen LogP contribution is -2.25. The molecule has 0 unspecified atom stereocenters. The van der Waals surface area contributed by atoms with Crippen molar-refractivity contribution in [1.29, 1.82) is 0 Å². The quantitative estimate of drug-likeness (QED) is 0.380. The minimum atomic E-state index is -0.170. The number of hydrogen-bond donors (Lipinski definition) is 1. The molecule has 0 radical (unpaired) electrons. The Bertz CT molecular complexity index is 1570. The van der Waals surface area contributed by atoms with Crippen molar-refractivity contribution in [2.24, 2.45) is 10.1 Å². The van der Waals surface area contributed by atoms with E-state index < -0.39 is 0 Å². The summed E-state index contributed by atoms with van der Waals surface area (Å²) < 4.78 is 18.4. The second-order valence-electron chi connectivity index (χ2n) is 8.63. The highest BCUT2D eigenvalue weighted by Gasteiger charge is 2.19. The molecule has 1 amide bonds. The molecule has 0 bridgehead atoms. The predicted octanol–water partition coefficient (Wildman–Crippen LogP) is 4.69. The zero-order chi connectivity index (χ0) is 25.2. The van der Waals surface area contributed by atoms with Crippen molar-refractivity contribution in [3.63, 3.8) is 0 Å². The largest absolute Gasteiger partial charge is 0.482 e. The van der Waals surface area contributed by atoms with Gasteiger partial charge in [0.25, 0.3) is 5.91 Å². The van der Waals surface area contributed by atoms with Gasteiger partial charge in [0, 0.05) is 23.1 Å². The summed E-state index contributed by atoms with van der Waals surface area (Å²) in [5.74, 6) is 1.92. The summed E-state index contributed by atoms with van der Waals surface area (Å²) in [6, 6.07) is 21.8. The molecule has 2 aliphatic rings. The fourth-order valence-electron chi connectivity index (χ4n) is 4.20. The van der Waals surface area contributed by atoms with E-state index in [9.17, 15) is 4.79 Å². The fraction of sp³-hybridized carbons (Fsp3) is 0.179. The fourth-order valence-corrected chi connectivity index (χ4v) is 5.06. The van der Waals surface area contributed by atoms with Crippen LogP contribution in [0.25, 0.3) is 11.3 Å². The first-order valence-electron chi connectivity index (χ1n) is 11.9. The van der Waals surface area contributed by atoms with E-state index in [-0.39, 0.29) is 19.3 Å². The lowest BCUT2D eigenvalue weighted by molar-refractivity contribution is -0.118. The van der Waals surface area contributed by atoms with Crippen LogP contribution in [-0.2, 0) is 11.2 Å². The standard InChI is InChI=1S/C28H24N4O4S/c1-18(20-7-10-25-26(14-20)36-17-35-25)31-32-23(21-8-9-24-22(13-21)30-27(33)15-34-24)16-37-28(32)29-12-11-19-5-3-2-4-6-19/h2-10,13-14,16H,11-12,15,17H2,1H3,(H,30,33). The lowest BCUT2D eigenvalue weighted by Gasteiger charge is -2.18. The molecule has 1 N–H and O–H groups in total. The van der Waals surface area contributed by atoms with Gasteiger partial charge in [-0.2, -0.15) is 5.10 Å². The van der Waals surface area contributed by atoms with Crippen molar-refractivity contribution < 1.29 is 19.0 Å². The van der Waals surface area contributed by atoms with E-state index in [2.05, 4.69) is 17.4 Å². The number of benzene rings is 3. The molecular weight excluding hydrogens is 488 g/mol. The normalized spacial score (nSPS) is 14.8. The van der Waals surface area contributed by atoms with Gasteiger partial charge in [-0.1, -0.05) is 30.3 Å². The van der Waals surface area contributed by atoms with Crippen LogP contribution in [0.1, 0.15) is 18.1 Å². The van der Waals surface area contributed by atoms with E-state index in [1.54, 1.807) is 0 Å². The summed E-state index contributed by atoms with van der Waals surface area (Å²) in [5, 5.41) is 9.90. The van der Waals surface area contributed by atoms with Gasteiger partial charge < -0.3 is 19.5 Å². The van der Waals surface area contributed by atoms with Crippen LogP contribution in [0.15, 0.2) is 82.2 Å². The van der Waals surface area contributed by atoms with Gasteiger partial charge in [-0.25, -0.2) is 4.68 Å². The van der Waals surface area contributed by atoms with Crippen molar-refractivity contribution in [2.75, 3.05) is 25.3 Å². The third-order valence-corrected chi connectivity index (χ3v) is 6.98. The summed E-state index contributed by atoms with van der Waals surface area (Å²) in [6.07, 6.45) is 0.834. The Morgan fingerprint density at radius 3 is 2.73 bits per heavy atom. The highest BCUT2D eigenvalue weighted by Crippen LogP contribution is 2.34. The summed E-state index contributed by atoms with van der Waals surface area (Å²) in [6.45, 7) is 2.84. The van der Waals surface area contributed by atoms with Crippen LogP contribution in [0, 0.1) is 0 Å². The van der Waals surface area contributed by atoms with Crippen LogP contribution in [0.4, 0.5) is 5.69 Å². The van der Waals surface area contributed by atoms with Gasteiger partial charge in [-0.15, -0.1) is 11.3 Å². The number of hydrogen-bond acceptors (Lipinski definition) is 7. The Morgan fingerprint density at radius 2 is 1.84 bits per heavy atom. The molecule has 0 spiro atoms. The number of aromatic nitrogens is 1. The Balaban J connectivity index is 1.39. The van der Waals surface area contributed by atoms with E-state index in [0.717, 1.165) is 39.5 Å². The number of thiazole rings is 1. The average molecular weight is 513 g/mol. The summed E-state index contributed by atoms with van der Waals surface area (Å²) >= 11 is 1.53. The van der Waals surface area contributed by atoms with Crippen LogP contribution in [0.5, 0.6) is 17.2 Å². The molecule has 6 rings (SSSR count). The van der Waals surface area contributed by atoms with Gasteiger partial charge in [0.1, 0.15) is 5.75 Å². The monoisotopic (exact) mass is 512 g/mol. The van der Waals surface area contributed by atoms with Gasteiger partial charge in [0.2, 0.25) is 11.6 Å². The molecule has 0 saturated heterocycles. The van der Waals surface area contributed by atoms with Gasteiger partial charge in [-0.3, -0.25) is 9.79 Å². The maximum atomic E-state index is 11.9. The third kappa shape index (κ3) is 4.85. The van der Waals surface area contributed by atoms with Crippen molar-refractivity contribution in [1.82, 2.24) is 4.68 Å². The van der Waals surface area contributed by atoms with E-state index in [4.69, 9.17) is 24.3 Å². The maximum Gasteiger partial charge on any atom is 0.262 e. The SMILES string of the molecule is CC(=Nn1c(-c2ccc3c(c2)NC(=O)CO3)csc1=NCCc1ccccc1)c1ccc2c(c1)OCO2. The average Bonchev–Trinajstić information content (AvgIpc) is 3.55. The maximum absolute atomic E-state index is 11.9. The lowest BCUT2D eigenvalue weighted by atomic mass is 10.1. The van der Waals surface area contributed by atoms with E-state index in [1.165, 1.54) is 16.9 Å². The van der Waals surface area contributed by atoms with Crippen molar-refractivity contribution in [2.45, 2.75) is 13.3 Å². The van der Waals surface area contributed by atoms with Crippen LogP contribution in [0.2, 0.25) is 0 Å². The molecule has 8 nitrogen and oxygen atoms in total. The van der Waals surface area contributed by atoms with Gasteiger partial charge in [-0.05, 0) is 55.3 Å². The smallest absolute Gasteiger partial charge is 0.262 e. The van der Waals surface area contributed by atoms with Crippen molar-refractivity contribution >= 4 is 28.6 Å².